The van der Waals surface area contributed by atoms with Crippen molar-refractivity contribution in [2.45, 2.75) is 38.6 Å². The lowest BCUT2D eigenvalue weighted by atomic mass is 10.1. The highest BCUT2D eigenvalue weighted by molar-refractivity contribution is 5.77. The van der Waals surface area contributed by atoms with E-state index in [2.05, 4.69) is 5.32 Å². The summed E-state index contributed by atoms with van der Waals surface area (Å²) in [6, 6.07) is 5.98. The molecular formula is C15H21NO3. The zero-order valence-electron chi connectivity index (χ0n) is 11.5. The van der Waals surface area contributed by atoms with Gasteiger partial charge in [0.25, 0.3) is 0 Å². The highest BCUT2D eigenvalue weighted by atomic mass is 16.5. The smallest absolute Gasteiger partial charge is 0.223 e. The van der Waals surface area contributed by atoms with Crippen LogP contribution in [0.2, 0.25) is 0 Å². The van der Waals surface area contributed by atoms with Crippen LogP contribution in [0, 0.1) is 13.8 Å². The lowest BCUT2D eigenvalue weighted by Crippen LogP contribution is -2.40. The van der Waals surface area contributed by atoms with Crippen LogP contribution in [0.15, 0.2) is 18.2 Å². The monoisotopic (exact) mass is 263 g/mol. The molecule has 1 aromatic rings. The Morgan fingerprint density at radius 2 is 2.00 bits per heavy atom. The molecule has 19 heavy (non-hydrogen) atoms. The predicted molar refractivity (Wildman–Crippen MR) is 73.2 cm³/mol. The Morgan fingerprint density at radius 3 is 2.53 bits per heavy atom. The van der Waals surface area contributed by atoms with E-state index in [1.807, 2.05) is 32.0 Å². The van der Waals surface area contributed by atoms with Gasteiger partial charge in [-0.15, -0.1) is 0 Å². The molecule has 2 N–H and O–H groups in total. The van der Waals surface area contributed by atoms with E-state index < -0.39 is 0 Å². The summed E-state index contributed by atoms with van der Waals surface area (Å²) in [5.74, 6) is 0.802. The Kier molecular flexibility index (Phi) is 4.10. The van der Waals surface area contributed by atoms with Gasteiger partial charge in [0.2, 0.25) is 5.91 Å². The average Bonchev–Trinajstić information content (AvgIpc) is 3.13. The zero-order chi connectivity index (χ0) is 13.9. The predicted octanol–water partition coefficient (Wildman–Crippen LogP) is 1.71. The number of aryl methyl sites for hydroxylation is 2. The second kappa shape index (κ2) is 5.61. The van der Waals surface area contributed by atoms with E-state index in [0.29, 0.717) is 13.0 Å². The van der Waals surface area contributed by atoms with Crippen LogP contribution in [0.25, 0.3) is 0 Å². The van der Waals surface area contributed by atoms with Gasteiger partial charge < -0.3 is 15.2 Å². The van der Waals surface area contributed by atoms with Gasteiger partial charge in [-0.3, -0.25) is 4.79 Å². The molecule has 0 heterocycles. The summed E-state index contributed by atoms with van der Waals surface area (Å²) in [6.45, 7) is 4.37. The molecule has 2 rings (SSSR count). The number of ether oxygens (including phenoxy) is 1. The molecule has 4 nitrogen and oxygen atoms in total. The van der Waals surface area contributed by atoms with Crippen molar-refractivity contribution in [3.05, 3.63) is 29.3 Å². The minimum absolute atomic E-state index is 0.0243. The highest BCUT2D eigenvalue weighted by Gasteiger charge is 2.43. The van der Waals surface area contributed by atoms with E-state index in [-0.39, 0.29) is 18.1 Å². The molecule has 0 unspecified atom stereocenters. The summed E-state index contributed by atoms with van der Waals surface area (Å²) < 4.78 is 5.68. The maximum Gasteiger partial charge on any atom is 0.223 e. The molecule has 104 valence electrons. The third kappa shape index (κ3) is 3.47. The molecular weight excluding hydrogens is 242 g/mol. The summed E-state index contributed by atoms with van der Waals surface area (Å²) >= 11 is 0. The molecule has 0 spiro atoms. The topological polar surface area (TPSA) is 58.6 Å². The molecule has 1 aliphatic rings. The normalized spacial score (nSPS) is 15.9. The van der Waals surface area contributed by atoms with Crippen molar-refractivity contribution in [1.29, 1.82) is 0 Å². The molecule has 0 aromatic heterocycles. The first-order chi connectivity index (χ1) is 9.06. The van der Waals surface area contributed by atoms with Crippen LogP contribution < -0.4 is 10.1 Å². The van der Waals surface area contributed by atoms with Gasteiger partial charge in [-0.05, 0) is 37.8 Å². The minimum atomic E-state index is -0.338. The van der Waals surface area contributed by atoms with Crippen LogP contribution in [0.3, 0.4) is 0 Å². The number of carbonyl (C=O) groups is 1. The summed E-state index contributed by atoms with van der Waals surface area (Å²) in [4.78, 5) is 11.7. The standard InChI is InChI=1S/C15H21NO3/c1-11-4-3-5-12(2)14(11)19-9-6-13(18)16-15(10-17)7-8-15/h3-5,17H,6-10H2,1-2H3,(H,16,18). The first-order valence-electron chi connectivity index (χ1n) is 6.67. The minimum Gasteiger partial charge on any atom is -0.493 e. The maximum atomic E-state index is 11.7. The highest BCUT2D eigenvalue weighted by Crippen LogP contribution is 2.34. The van der Waals surface area contributed by atoms with Crippen LogP contribution in [-0.4, -0.2) is 29.8 Å². The Hall–Kier alpha value is -1.55. The summed E-state index contributed by atoms with van der Waals surface area (Å²) in [5, 5.41) is 12.0. The fourth-order valence-electron chi connectivity index (χ4n) is 2.10. The number of aliphatic hydroxyl groups is 1. The SMILES string of the molecule is Cc1cccc(C)c1OCCC(=O)NC1(CO)CC1. The second-order valence-corrected chi connectivity index (χ2v) is 5.31. The number of hydrogen-bond donors (Lipinski definition) is 2. The lowest BCUT2D eigenvalue weighted by molar-refractivity contribution is -0.122. The van der Waals surface area contributed by atoms with Crippen molar-refractivity contribution >= 4 is 5.91 Å². The van der Waals surface area contributed by atoms with Gasteiger partial charge in [-0.2, -0.15) is 0 Å². The number of nitrogens with one attached hydrogen (secondary N) is 1. The van der Waals surface area contributed by atoms with Crippen LogP contribution in [0.5, 0.6) is 5.75 Å². The fraction of sp³-hybridized carbons (Fsp3) is 0.533. The van der Waals surface area contributed by atoms with E-state index in [1.54, 1.807) is 0 Å². The molecule has 1 saturated carbocycles. The van der Waals surface area contributed by atoms with Crippen LogP contribution in [-0.2, 0) is 4.79 Å². The molecule has 1 aliphatic carbocycles. The number of amides is 1. The first kappa shape index (κ1) is 13.9. The molecule has 0 atom stereocenters. The van der Waals surface area contributed by atoms with E-state index in [1.165, 1.54) is 0 Å². The number of hydrogen-bond acceptors (Lipinski definition) is 3. The van der Waals surface area contributed by atoms with Crippen LogP contribution in [0.1, 0.15) is 30.4 Å². The molecule has 0 saturated heterocycles. The van der Waals surface area contributed by atoms with Crippen molar-refractivity contribution in [3.8, 4) is 5.75 Å². The van der Waals surface area contributed by atoms with Crippen molar-refractivity contribution in [2.75, 3.05) is 13.2 Å². The van der Waals surface area contributed by atoms with Crippen molar-refractivity contribution in [3.63, 3.8) is 0 Å². The molecule has 1 amide bonds. The number of para-hydroxylation sites is 1. The zero-order valence-corrected chi connectivity index (χ0v) is 11.5. The second-order valence-electron chi connectivity index (χ2n) is 5.31. The van der Waals surface area contributed by atoms with Gasteiger partial charge in [0.05, 0.1) is 25.2 Å². The average molecular weight is 263 g/mol. The Morgan fingerprint density at radius 1 is 1.37 bits per heavy atom. The molecule has 0 bridgehead atoms. The summed E-state index contributed by atoms with van der Waals surface area (Å²) in [7, 11) is 0. The molecule has 1 aromatic carbocycles. The van der Waals surface area contributed by atoms with E-state index in [4.69, 9.17) is 9.84 Å². The molecule has 1 fully saturated rings. The molecule has 0 radical (unpaired) electrons. The largest absolute Gasteiger partial charge is 0.493 e. The van der Waals surface area contributed by atoms with Gasteiger partial charge >= 0.3 is 0 Å². The number of rotatable bonds is 6. The molecule has 0 aliphatic heterocycles. The van der Waals surface area contributed by atoms with Crippen molar-refractivity contribution in [1.82, 2.24) is 5.32 Å². The Balaban J connectivity index is 1.79. The van der Waals surface area contributed by atoms with Crippen molar-refractivity contribution in [2.24, 2.45) is 0 Å². The number of aliphatic hydroxyl groups excluding tert-OH is 1. The third-order valence-corrected chi connectivity index (χ3v) is 3.55. The first-order valence-corrected chi connectivity index (χ1v) is 6.67. The van der Waals surface area contributed by atoms with Crippen molar-refractivity contribution < 1.29 is 14.6 Å². The van der Waals surface area contributed by atoms with Gasteiger partial charge in [0.1, 0.15) is 5.75 Å². The molecule has 4 heteroatoms. The Labute approximate surface area is 113 Å². The number of benzene rings is 1. The number of carbonyl (C=O) groups excluding carboxylic acids is 1. The summed E-state index contributed by atoms with van der Waals surface area (Å²) in [5.41, 5.74) is 1.82. The maximum absolute atomic E-state index is 11.7. The fourth-order valence-corrected chi connectivity index (χ4v) is 2.10. The van der Waals surface area contributed by atoms with E-state index >= 15 is 0 Å². The van der Waals surface area contributed by atoms with Gasteiger partial charge in [0.15, 0.2) is 0 Å². The van der Waals surface area contributed by atoms with Gasteiger partial charge in [0, 0.05) is 0 Å². The van der Waals surface area contributed by atoms with Crippen LogP contribution >= 0.6 is 0 Å². The van der Waals surface area contributed by atoms with Gasteiger partial charge in [-0.1, -0.05) is 18.2 Å². The Bertz CT molecular complexity index is 446. The van der Waals surface area contributed by atoms with Crippen LogP contribution in [0.4, 0.5) is 0 Å². The quantitative estimate of drug-likeness (QED) is 0.821. The van der Waals surface area contributed by atoms with Gasteiger partial charge in [-0.25, -0.2) is 0 Å². The third-order valence-electron chi connectivity index (χ3n) is 3.55. The summed E-state index contributed by atoms with van der Waals surface area (Å²) in [6.07, 6.45) is 2.05. The lowest BCUT2D eigenvalue weighted by Gasteiger charge is -2.15. The van der Waals surface area contributed by atoms with E-state index in [9.17, 15) is 4.79 Å². The van der Waals surface area contributed by atoms with E-state index in [0.717, 1.165) is 29.7 Å².